The molecule has 5 atom stereocenters. The van der Waals surface area contributed by atoms with Crippen LogP contribution in [0.2, 0.25) is 0 Å². The number of likely N-dealkylation sites (N-methyl/N-ethyl adjacent to an activating group) is 1. The molecule has 0 heterocycles. The molecule has 0 aromatic rings. The van der Waals surface area contributed by atoms with Crippen molar-refractivity contribution >= 4 is 5.91 Å². The number of carbonyl (C=O) groups is 1. The minimum absolute atomic E-state index is 0.185. The third-order valence-electron chi connectivity index (χ3n) is 5.76. The van der Waals surface area contributed by atoms with Crippen molar-refractivity contribution < 1.29 is 4.79 Å². The van der Waals surface area contributed by atoms with E-state index in [9.17, 15) is 4.79 Å². The molecule has 0 aromatic carbocycles. The lowest BCUT2D eigenvalue weighted by Gasteiger charge is -2.39. The summed E-state index contributed by atoms with van der Waals surface area (Å²) in [6.07, 6.45) is 6.95. The Balaban J connectivity index is 1.78. The summed E-state index contributed by atoms with van der Waals surface area (Å²) < 4.78 is 0. The van der Waals surface area contributed by atoms with Gasteiger partial charge in [-0.3, -0.25) is 4.79 Å². The van der Waals surface area contributed by atoms with Gasteiger partial charge in [-0.05, 0) is 63.2 Å². The number of carbonyl (C=O) groups excluding carboxylic acids is 1. The molecule has 3 rings (SSSR count). The van der Waals surface area contributed by atoms with Gasteiger partial charge >= 0.3 is 0 Å². The van der Waals surface area contributed by atoms with Crippen LogP contribution in [0.4, 0.5) is 0 Å². The van der Waals surface area contributed by atoms with Crippen LogP contribution in [0, 0.1) is 23.7 Å². The summed E-state index contributed by atoms with van der Waals surface area (Å²) in [5, 5.41) is 0. The predicted octanol–water partition coefficient (Wildman–Crippen LogP) is 3.24. The molecule has 1 amide bonds. The number of hydrogen-bond acceptors (Lipinski definition) is 1. The van der Waals surface area contributed by atoms with Crippen molar-refractivity contribution in [2.75, 3.05) is 6.54 Å². The normalized spacial score (nSPS) is 40.9. The van der Waals surface area contributed by atoms with Gasteiger partial charge in [-0.2, -0.15) is 0 Å². The van der Waals surface area contributed by atoms with E-state index in [-0.39, 0.29) is 5.91 Å². The average molecular weight is 247 g/mol. The SMILES string of the molecule is C=C(C)C(=O)N(CC)C1CC2CC1C1CCCC21. The van der Waals surface area contributed by atoms with Crippen molar-refractivity contribution in [3.8, 4) is 0 Å². The number of fused-ring (bicyclic) bond motifs is 5. The molecule has 3 saturated carbocycles. The molecule has 0 saturated heterocycles. The summed E-state index contributed by atoms with van der Waals surface area (Å²) in [7, 11) is 0. The summed E-state index contributed by atoms with van der Waals surface area (Å²) >= 11 is 0. The molecule has 2 bridgehead atoms. The monoisotopic (exact) mass is 247 g/mol. The maximum atomic E-state index is 12.3. The zero-order valence-electron chi connectivity index (χ0n) is 11.7. The second-order valence-corrected chi connectivity index (χ2v) is 6.59. The molecule has 0 radical (unpaired) electrons. The van der Waals surface area contributed by atoms with Crippen LogP contribution < -0.4 is 0 Å². The smallest absolute Gasteiger partial charge is 0.249 e. The Kier molecular flexibility index (Phi) is 2.99. The zero-order chi connectivity index (χ0) is 12.9. The Morgan fingerprint density at radius 1 is 1.22 bits per heavy atom. The van der Waals surface area contributed by atoms with Crippen molar-refractivity contribution in [2.24, 2.45) is 23.7 Å². The fourth-order valence-corrected chi connectivity index (χ4v) is 5.16. The van der Waals surface area contributed by atoms with Crippen molar-refractivity contribution in [3.63, 3.8) is 0 Å². The summed E-state index contributed by atoms with van der Waals surface area (Å²) in [5.74, 6) is 3.83. The summed E-state index contributed by atoms with van der Waals surface area (Å²) in [6, 6.07) is 0.517. The van der Waals surface area contributed by atoms with Crippen LogP contribution in [0.5, 0.6) is 0 Å². The van der Waals surface area contributed by atoms with Gasteiger partial charge < -0.3 is 4.90 Å². The molecule has 2 heteroatoms. The first-order valence-electron chi connectivity index (χ1n) is 7.60. The molecule has 0 aliphatic heterocycles. The molecule has 3 aliphatic rings. The Labute approximate surface area is 110 Å². The van der Waals surface area contributed by atoms with Crippen molar-refractivity contribution in [2.45, 2.75) is 52.0 Å². The van der Waals surface area contributed by atoms with Gasteiger partial charge in [0.25, 0.3) is 0 Å². The highest BCUT2D eigenvalue weighted by Crippen LogP contribution is 2.59. The third-order valence-corrected chi connectivity index (χ3v) is 5.76. The van der Waals surface area contributed by atoms with Crippen LogP contribution >= 0.6 is 0 Å². The van der Waals surface area contributed by atoms with Gasteiger partial charge in [0.15, 0.2) is 0 Å². The standard InChI is InChI=1S/C16H25NO/c1-4-17(16(18)10(2)3)15-9-11-8-14(15)13-7-5-6-12(11)13/h11-15H,2,4-9H2,1,3H3. The molecule has 3 aliphatic carbocycles. The Morgan fingerprint density at radius 2 is 1.94 bits per heavy atom. The van der Waals surface area contributed by atoms with Crippen molar-refractivity contribution in [1.82, 2.24) is 4.90 Å². The molecule has 5 unspecified atom stereocenters. The quantitative estimate of drug-likeness (QED) is 0.701. The van der Waals surface area contributed by atoms with Gasteiger partial charge in [0.2, 0.25) is 5.91 Å². The molecule has 0 N–H and O–H groups in total. The van der Waals surface area contributed by atoms with Gasteiger partial charge in [0, 0.05) is 18.2 Å². The number of hydrogen-bond donors (Lipinski definition) is 0. The third kappa shape index (κ3) is 1.64. The molecule has 0 aromatic heterocycles. The lowest BCUT2D eigenvalue weighted by atomic mass is 9.78. The molecule has 3 fully saturated rings. The molecule has 2 nitrogen and oxygen atoms in total. The van der Waals surface area contributed by atoms with E-state index in [4.69, 9.17) is 0 Å². The van der Waals surface area contributed by atoms with Crippen LogP contribution in [0.1, 0.15) is 46.0 Å². The zero-order valence-corrected chi connectivity index (χ0v) is 11.7. The van der Waals surface area contributed by atoms with Gasteiger partial charge in [-0.25, -0.2) is 0 Å². The van der Waals surface area contributed by atoms with Crippen LogP contribution in [0.25, 0.3) is 0 Å². The van der Waals surface area contributed by atoms with Crippen LogP contribution in [-0.4, -0.2) is 23.4 Å². The van der Waals surface area contributed by atoms with Crippen LogP contribution in [0.3, 0.4) is 0 Å². The fraction of sp³-hybridized carbons (Fsp3) is 0.812. The van der Waals surface area contributed by atoms with Gasteiger partial charge in [-0.15, -0.1) is 0 Å². The fourth-order valence-electron chi connectivity index (χ4n) is 5.16. The van der Waals surface area contributed by atoms with Crippen LogP contribution in [0.15, 0.2) is 12.2 Å². The van der Waals surface area contributed by atoms with Gasteiger partial charge in [0.1, 0.15) is 0 Å². The van der Waals surface area contributed by atoms with Crippen molar-refractivity contribution in [1.29, 1.82) is 0 Å². The first-order chi connectivity index (χ1) is 8.63. The predicted molar refractivity (Wildman–Crippen MR) is 73.0 cm³/mol. The molecular formula is C16H25NO. The minimum Gasteiger partial charge on any atom is -0.336 e. The first kappa shape index (κ1) is 12.3. The first-order valence-corrected chi connectivity index (χ1v) is 7.60. The van der Waals surface area contributed by atoms with Gasteiger partial charge in [-0.1, -0.05) is 13.0 Å². The van der Waals surface area contributed by atoms with Crippen LogP contribution in [-0.2, 0) is 4.79 Å². The Hall–Kier alpha value is -0.790. The Bertz CT molecular complexity index is 375. The topological polar surface area (TPSA) is 20.3 Å². The average Bonchev–Trinajstić information content (AvgIpc) is 3.01. The highest BCUT2D eigenvalue weighted by molar-refractivity contribution is 5.92. The number of amides is 1. The highest BCUT2D eigenvalue weighted by atomic mass is 16.2. The maximum Gasteiger partial charge on any atom is 0.249 e. The van der Waals surface area contributed by atoms with E-state index in [1.165, 1.54) is 32.1 Å². The van der Waals surface area contributed by atoms with E-state index in [1.807, 2.05) is 6.92 Å². The lowest BCUT2D eigenvalue weighted by Crippen LogP contribution is -2.46. The van der Waals surface area contributed by atoms with Gasteiger partial charge in [0.05, 0.1) is 0 Å². The van der Waals surface area contributed by atoms with E-state index in [0.29, 0.717) is 11.6 Å². The minimum atomic E-state index is 0.185. The molecule has 100 valence electrons. The maximum absolute atomic E-state index is 12.3. The largest absolute Gasteiger partial charge is 0.336 e. The van der Waals surface area contributed by atoms with E-state index in [2.05, 4.69) is 18.4 Å². The highest BCUT2D eigenvalue weighted by Gasteiger charge is 2.55. The Morgan fingerprint density at radius 3 is 2.61 bits per heavy atom. The summed E-state index contributed by atoms with van der Waals surface area (Å²) in [4.78, 5) is 14.4. The second kappa shape index (κ2) is 4.40. The molecule has 18 heavy (non-hydrogen) atoms. The molecular weight excluding hydrogens is 222 g/mol. The van der Waals surface area contributed by atoms with Crippen molar-refractivity contribution in [3.05, 3.63) is 12.2 Å². The number of nitrogens with zero attached hydrogens (tertiary/aromatic N) is 1. The van der Waals surface area contributed by atoms with E-state index < -0.39 is 0 Å². The summed E-state index contributed by atoms with van der Waals surface area (Å²) in [6.45, 7) is 8.63. The lowest BCUT2D eigenvalue weighted by molar-refractivity contribution is -0.130. The molecule has 0 spiro atoms. The second-order valence-electron chi connectivity index (χ2n) is 6.59. The van der Waals surface area contributed by atoms with E-state index in [1.54, 1.807) is 0 Å². The van der Waals surface area contributed by atoms with E-state index in [0.717, 1.165) is 30.2 Å². The van der Waals surface area contributed by atoms with E-state index >= 15 is 0 Å². The number of rotatable bonds is 3. The summed E-state index contributed by atoms with van der Waals surface area (Å²) in [5.41, 5.74) is 0.697.